The lowest BCUT2D eigenvalue weighted by Crippen LogP contribution is -2.42. The standard InChI is InChI=1S/C28H31ClN4O6/c1-15-13-36-14-22(15)38-26(34)32-23-10-18-8-17(9-21(29)20(18)12-30-23)19-11-31-25-24(16(19)2)33(6-7-37-25)27(35)39-28(3,4)5/h8-12,15,22H,6-7,13-14H2,1-5H3,(H,30,32,34)/t15-,22-/m0/s1. The molecular formula is C28H31ClN4O6. The van der Waals surface area contributed by atoms with Gasteiger partial charge >= 0.3 is 12.2 Å². The molecule has 206 valence electrons. The molecule has 0 saturated carbocycles. The first-order chi connectivity index (χ1) is 18.5. The summed E-state index contributed by atoms with van der Waals surface area (Å²) in [6.07, 6.45) is 1.96. The van der Waals surface area contributed by atoms with Crippen molar-refractivity contribution in [3.05, 3.63) is 41.2 Å². The highest BCUT2D eigenvalue weighted by Gasteiger charge is 2.32. The third-order valence-electron chi connectivity index (χ3n) is 6.59. The summed E-state index contributed by atoms with van der Waals surface area (Å²) in [4.78, 5) is 35.8. The number of hydrogen-bond acceptors (Lipinski definition) is 8. The Morgan fingerprint density at radius 3 is 2.67 bits per heavy atom. The first-order valence-corrected chi connectivity index (χ1v) is 13.2. The largest absolute Gasteiger partial charge is 0.474 e. The molecule has 10 nitrogen and oxygen atoms in total. The molecule has 2 atom stereocenters. The van der Waals surface area contributed by atoms with Gasteiger partial charge in [0.15, 0.2) is 0 Å². The molecule has 0 radical (unpaired) electrons. The Hall–Kier alpha value is -3.63. The summed E-state index contributed by atoms with van der Waals surface area (Å²) in [5, 5.41) is 4.66. The van der Waals surface area contributed by atoms with Gasteiger partial charge in [0, 0.05) is 29.3 Å². The van der Waals surface area contributed by atoms with Crippen molar-refractivity contribution in [3.8, 4) is 17.0 Å². The van der Waals surface area contributed by atoms with Crippen LogP contribution in [-0.2, 0) is 14.2 Å². The van der Waals surface area contributed by atoms with Crippen LogP contribution in [-0.4, -0.2) is 60.2 Å². The van der Waals surface area contributed by atoms with Crippen LogP contribution in [0.3, 0.4) is 0 Å². The minimum atomic E-state index is -0.643. The van der Waals surface area contributed by atoms with Gasteiger partial charge in [-0.2, -0.15) is 0 Å². The topological polar surface area (TPSA) is 112 Å². The fourth-order valence-electron chi connectivity index (χ4n) is 4.63. The van der Waals surface area contributed by atoms with Gasteiger partial charge in [0.1, 0.15) is 29.8 Å². The molecular weight excluding hydrogens is 524 g/mol. The number of halogens is 1. The summed E-state index contributed by atoms with van der Waals surface area (Å²) in [5.74, 6) is 0.834. The monoisotopic (exact) mass is 554 g/mol. The summed E-state index contributed by atoms with van der Waals surface area (Å²) in [6.45, 7) is 11.0. The Morgan fingerprint density at radius 2 is 1.95 bits per heavy atom. The van der Waals surface area contributed by atoms with Crippen LogP contribution in [0.1, 0.15) is 33.3 Å². The highest BCUT2D eigenvalue weighted by atomic mass is 35.5. The maximum atomic E-state index is 13.0. The molecule has 4 heterocycles. The molecule has 2 aliphatic rings. The van der Waals surface area contributed by atoms with Crippen LogP contribution in [0, 0.1) is 12.8 Å². The zero-order chi connectivity index (χ0) is 27.9. The van der Waals surface area contributed by atoms with E-state index in [1.807, 2.05) is 46.8 Å². The molecule has 0 unspecified atom stereocenters. The number of ether oxygens (including phenoxy) is 4. The predicted octanol–water partition coefficient (Wildman–Crippen LogP) is 5.98. The number of nitrogens with one attached hydrogen (secondary N) is 1. The number of anilines is 2. The molecule has 39 heavy (non-hydrogen) atoms. The minimum Gasteiger partial charge on any atom is -0.474 e. The van der Waals surface area contributed by atoms with Gasteiger partial charge in [-0.05, 0) is 62.4 Å². The van der Waals surface area contributed by atoms with Gasteiger partial charge in [0.05, 0.1) is 24.8 Å². The van der Waals surface area contributed by atoms with E-state index >= 15 is 0 Å². The normalized spacial score (nSPS) is 18.9. The van der Waals surface area contributed by atoms with Crippen LogP contribution in [0.15, 0.2) is 30.6 Å². The molecule has 1 aromatic carbocycles. The van der Waals surface area contributed by atoms with Crippen molar-refractivity contribution >= 4 is 46.1 Å². The molecule has 3 aromatic rings. The van der Waals surface area contributed by atoms with Crippen LogP contribution in [0.5, 0.6) is 5.88 Å². The van der Waals surface area contributed by atoms with Crippen molar-refractivity contribution in [1.29, 1.82) is 0 Å². The van der Waals surface area contributed by atoms with E-state index in [0.29, 0.717) is 48.8 Å². The Bertz CT molecular complexity index is 1440. The van der Waals surface area contributed by atoms with E-state index in [1.165, 1.54) is 0 Å². The van der Waals surface area contributed by atoms with Crippen molar-refractivity contribution in [1.82, 2.24) is 9.97 Å². The van der Waals surface area contributed by atoms with Gasteiger partial charge < -0.3 is 18.9 Å². The second-order valence-corrected chi connectivity index (χ2v) is 11.2. The molecule has 0 bridgehead atoms. The zero-order valence-corrected chi connectivity index (χ0v) is 23.3. The van der Waals surface area contributed by atoms with Gasteiger partial charge in [0.25, 0.3) is 0 Å². The SMILES string of the molecule is Cc1c(-c2cc(Cl)c3cnc(NC(=O)O[C@H]4COC[C@@H]4C)cc3c2)cnc2c1N(C(=O)OC(C)(C)C)CCO2. The molecule has 0 spiro atoms. The van der Waals surface area contributed by atoms with Crippen molar-refractivity contribution in [2.24, 2.45) is 5.92 Å². The van der Waals surface area contributed by atoms with E-state index in [9.17, 15) is 9.59 Å². The number of amides is 2. The van der Waals surface area contributed by atoms with E-state index in [2.05, 4.69) is 15.3 Å². The minimum absolute atomic E-state index is 0.131. The maximum absolute atomic E-state index is 13.0. The van der Waals surface area contributed by atoms with Crippen LogP contribution in [0.4, 0.5) is 21.1 Å². The summed E-state index contributed by atoms with van der Waals surface area (Å²) in [5.41, 5.74) is 2.28. The van der Waals surface area contributed by atoms with Crippen molar-refractivity contribution in [2.45, 2.75) is 46.3 Å². The number of pyridine rings is 2. The average Bonchev–Trinajstić information content (AvgIpc) is 3.26. The van der Waals surface area contributed by atoms with Crippen LogP contribution >= 0.6 is 11.6 Å². The Morgan fingerprint density at radius 1 is 1.15 bits per heavy atom. The summed E-state index contributed by atoms with van der Waals surface area (Å²) in [6, 6.07) is 5.49. The van der Waals surface area contributed by atoms with Crippen LogP contribution < -0.4 is 15.0 Å². The van der Waals surface area contributed by atoms with E-state index in [-0.39, 0.29) is 12.0 Å². The third-order valence-corrected chi connectivity index (χ3v) is 6.91. The van der Waals surface area contributed by atoms with Gasteiger partial charge in [-0.15, -0.1) is 0 Å². The number of carbonyl (C=O) groups excluding carboxylic acids is 2. The Labute approximate surface area is 231 Å². The van der Waals surface area contributed by atoms with E-state index in [1.54, 1.807) is 23.4 Å². The van der Waals surface area contributed by atoms with Gasteiger partial charge in [-0.1, -0.05) is 18.5 Å². The molecule has 0 aliphatic carbocycles. The number of benzene rings is 1. The predicted molar refractivity (Wildman–Crippen MR) is 148 cm³/mol. The summed E-state index contributed by atoms with van der Waals surface area (Å²) >= 11 is 6.65. The molecule has 11 heteroatoms. The van der Waals surface area contributed by atoms with E-state index in [4.69, 9.17) is 30.5 Å². The third kappa shape index (κ3) is 5.72. The van der Waals surface area contributed by atoms with Crippen molar-refractivity contribution in [2.75, 3.05) is 36.6 Å². The number of carbonyl (C=O) groups is 2. The van der Waals surface area contributed by atoms with Gasteiger partial charge in [0.2, 0.25) is 5.88 Å². The first kappa shape index (κ1) is 27.0. The number of nitrogens with zero attached hydrogens (tertiary/aromatic N) is 3. The molecule has 2 aromatic heterocycles. The Balaban J connectivity index is 1.46. The highest BCUT2D eigenvalue weighted by molar-refractivity contribution is 6.36. The Kier molecular flexibility index (Phi) is 7.26. The summed E-state index contributed by atoms with van der Waals surface area (Å²) < 4.78 is 22.2. The molecule has 2 amide bonds. The summed E-state index contributed by atoms with van der Waals surface area (Å²) in [7, 11) is 0. The second kappa shape index (κ2) is 10.5. The highest BCUT2D eigenvalue weighted by Crippen LogP contribution is 2.40. The first-order valence-electron chi connectivity index (χ1n) is 12.8. The van der Waals surface area contributed by atoms with Crippen molar-refractivity contribution in [3.63, 3.8) is 0 Å². The fraction of sp³-hybridized carbons (Fsp3) is 0.429. The zero-order valence-electron chi connectivity index (χ0n) is 22.5. The molecule has 1 fully saturated rings. The van der Waals surface area contributed by atoms with Gasteiger partial charge in [-0.3, -0.25) is 10.2 Å². The lowest BCUT2D eigenvalue weighted by molar-refractivity contribution is 0.0566. The fourth-order valence-corrected chi connectivity index (χ4v) is 4.90. The number of rotatable bonds is 3. The quantitative estimate of drug-likeness (QED) is 0.421. The van der Waals surface area contributed by atoms with E-state index in [0.717, 1.165) is 27.5 Å². The van der Waals surface area contributed by atoms with E-state index < -0.39 is 17.8 Å². The van der Waals surface area contributed by atoms with Crippen molar-refractivity contribution < 1.29 is 28.5 Å². The number of aromatic nitrogens is 2. The maximum Gasteiger partial charge on any atom is 0.415 e. The smallest absolute Gasteiger partial charge is 0.415 e. The lowest BCUT2D eigenvalue weighted by Gasteiger charge is -2.32. The van der Waals surface area contributed by atoms with Crippen LogP contribution in [0.2, 0.25) is 5.02 Å². The van der Waals surface area contributed by atoms with Gasteiger partial charge in [-0.25, -0.2) is 19.6 Å². The second-order valence-electron chi connectivity index (χ2n) is 10.8. The molecule has 1 N–H and O–H groups in total. The molecule has 2 aliphatic heterocycles. The molecule has 5 rings (SSSR count). The average molecular weight is 555 g/mol. The van der Waals surface area contributed by atoms with Crippen LogP contribution in [0.25, 0.3) is 21.9 Å². The number of hydrogen-bond donors (Lipinski definition) is 1. The lowest BCUT2D eigenvalue weighted by atomic mass is 9.98. The number of fused-ring (bicyclic) bond motifs is 2. The molecule has 1 saturated heterocycles.